The lowest BCUT2D eigenvalue weighted by molar-refractivity contribution is 0.432. The van der Waals surface area contributed by atoms with Gasteiger partial charge in [-0.1, -0.05) is 62.3 Å². The zero-order chi connectivity index (χ0) is 19.0. The molecule has 2 aromatic heterocycles. The van der Waals surface area contributed by atoms with Crippen LogP contribution < -0.4 is 0 Å². The molecule has 4 aromatic rings. The van der Waals surface area contributed by atoms with Crippen molar-refractivity contribution in [3.05, 3.63) is 65.5 Å². The highest BCUT2D eigenvalue weighted by atomic mass is 32.1. The van der Waals surface area contributed by atoms with Gasteiger partial charge in [-0.25, -0.2) is 0 Å². The lowest BCUT2D eigenvalue weighted by Gasteiger charge is -2.22. The standard InChI is InChI=1S/C22H20N2O2S/c1-22(2,3)15-12-16(14-8-5-4-6-9-14)19(25)17(13-15)20-23-21(26-24-20)18-10-7-11-27-18/h4-13,25H,1-3H3. The molecule has 4 rings (SSSR count). The van der Waals surface area contributed by atoms with E-state index in [1.807, 2.05) is 60.0 Å². The van der Waals surface area contributed by atoms with Crippen LogP contribution in [0.5, 0.6) is 5.75 Å². The second kappa shape index (κ2) is 6.67. The lowest BCUT2D eigenvalue weighted by atomic mass is 9.83. The summed E-state index contributed by atoms with van der Waals surface area (Å²) in [6.45, 7) is 6.43. The number of thiophene rings is 1. The third-order valence-electron chi connectivity index (χ3n) is 4.46. The third-order valence-corrected chi connectivity index (χ3v) is 5.32. The van der Waals surface area contributed by atoms with Gasteiger partial charge in [0.2, 0.25) is 5.82 Å². The molecule has 4 nitrogen and oxygen atoms in total. The highest BCUT2D eigenvalue weighted by molar-refractivity contribution is 7.13. The lowest BCUT2D eigenvalue weighted by Crippen LogP contribution is -2.11. The summed E-state index contributed by atoms with van der Waals surface area (Å²) in [6.07, 6.45) is 0. The molecule has 1 N–H and O–H groups in total. The maximum Gasteiger partial charge on any atom is 0.268 e. The van der Waals surface area contributed by atoms with E-state index in [4.69, 9.17) is 4.52 Å². The van der Waals surface area contributed by atoms with Crippen molar-refractivity contribution >= 4 is 11.3 Å². The second-order valence-corrected chi connectivity index (χ2v) is 8.38. The van der Waals surface area contributed by atoms with Crippen molar-refractivity contribution in [3.63, 3.8) is 0 Å². The molecule has 5 heteroatoms. The maximum atomic E-state index is 11.0. The Labute approximate surface area is 162 Å². The number of nitrogens with zero attached hydrogens (tertiary/aromatic N) is 2. The molecule has 0 atom stereocenters. The van der Waals surface area contributed by atoms with E-state index < -0.39 is 0 Å². The molecule has 136 valence electrons. The Hall–Kier alpha value is -2.92. The number of phenols is 1. The number of hydrogen-bond acceptors (Lipinski definition) is 5. The highest BCUT2D eigenvalue weighted by Gasteiger charge is 2.23. The van der Waals surface area contributed by atoms with Crippen LogP contribution in [0.15, 0.2) is 64.5 Å². The molecule has 0 bridgehead atoms. The van der Waals surface area contributed by atoms with Gasteiger partial charge in [-0.3, -0.25) is 0 Å². The molecule has 0 aliphatic heterocycles. The third kappa shape index (κ3) is 3.38. The minimum absolute atomic E-state index is 0.0910. The molecule has 0 aliphatic carbocycles. The molecule has 0 radical (unpaired) electrons. The average Bonchev–Trinajstić information content (AvgIpc) is 3.33. The number of benzene rings is 2. The molecule has 2 aromatic carbocycles. The maximum absolute atomic E-state index is 11.0. The molecule has 0 spiro atoms. The molecule has 2 heterocycles. The number of phenolic OH excluding ortho intramolecular Hbond substituents is 1. The summed E-state index contributed by atoms with van der Waals surface area (Å²) >= 11 is 1.54. The van der Waals surface area contributed by atoms with Crippen molar-refractivity contribution < 1.29 is 9.63 Å². The smallest absolute Gasteiger partial charge is 0.268 e. The quantitative estimate of drug-likeness (QED) is 0.467. The topological polar surface area (TPSA) is 59.2 Å². The number of aromatic nitrogens is 2. The van der Waals surface area contributed by atoms with Crippen LogP contribution in [0.2, 0.25) is 0 Å². The zero-order valence-electron chi connectivity index (χ0n) is 15.4. The van der Waals surface area contributed by atoms with Gasteiger partial charge in [0.25, 0.3) is 5.89 Å². The predicted molar refractivity (Wildman–Crippen MR) is 109 cm³/mol. The van der Waals surface area contributed by atoms with Crippen LogP contribution >= 0.6 is 11.3 Å². The minimum Gasteiger partial charge on any atom is -0.507 e. The zero-order valence-corrected chi connectivity index (χ0v) is 16.2. The number of rotatable bonds is 3. The summed E-state index contributed by atoms with van der Waals surface area (Å²) in [5.74, 6) is 1.01. The van der Waals surface area contributed by atoms with Gasteiger partial charge in [0.15, 0.2) is 0 Å². The van der Waals surface area contributed by atoms with Crippen LogP contribution in [0.4, 0.5) is 0 Å². The fourth-order valence-electron chi connectivity index (χ4n) is 2.91. The van der Waals surface area contributed by atoms with Crippen molar-refractivity contribution in [2.24, 2.45) is 0 Å². The average molecular weight is 376 g/mol. The van der Waals surface area contributed by atoms with E-state index in [0.717, 1.165) is 21.6 Å². The minimum atomic E-state index is -0.0910. The second-order valence-electron chi connectivity index (χ2n) is 7.44. The Balaban J connectivity index is 1.90. The van der Waals surface area contributed by atoms with Crippen LogP contribution in [0, 0.1) is 0 Å². The summed E-state index contributed by atoms with van der Waals surface area (Å²) in [5, 5.41) is 17.1. The van der Waals surface area contributed by atoms with Crippen molar-refractivity contribution in [2.75, 3.05) is 0 Å². The first kappa shape index (κ1) is 17.5. The van der Waals surface area contributed by atoms with Crippen LogP contribution in [0.3, 0.4) is 0 Å². The van der Waals surface area contributed by atoms with Crippen molar-refractivity contribution in [3.8, 4) is 39.0 Å². The van der Waals surface area contributed by atoms with E-state index in [2.05, 4.69) is 30.9 Å². The summed E-state index contributed by atoms with van der Waals surface area (Å²) in [5.41, 5.74) is 3.29. The fraction of sp³-hybridized carbons (Fsp3) is 0.182. The summed E-state index contributed by atoms with van der Waals surface area (Å²) in [7, 11) is 0. The van der Waals surface area contributed by atoms with Crippen molar-refractivity contribution in [1.29, 1.82) is 0 Å². The Kier molecular flexibility index (Phi) is 4.32. The molecule has 0 unspecified atom stereocenters. The van der Waals surface area contributed by atoms with E-state index in [1.54, 1.807) is 0 Å². The van der Waals surface area contributed by atoms with Gasteiger partial charge in [-0.15, -0.1) is 11.3 Å². The molecular weight excluding hydrogens is 356 g/mol. The monoisotopic (exact) mass is 376 g/mol. The highest BCUT2D eigenvalue weighted by Crippen LogP contribution is 2.41. The van der Waals surface area contributed by atoms with Gasteiger partial charge in [-0.2, -0.15) is 4.98 Å². The van der Waals surface area contributed by atoms with Crippen molar-refractivity contribution in [2.45, 2.75) is 26.2 Å². The van der Waals surface area contributed by atoms with Crippen LogP contribution in [0.25, 0.3) is 33.3 Å². The summed E-state index contributed by atoms with van der Waals surface area (Å²) in [4.78, 5) is 5.42. The molecular formula is C22H20N2O2S. The molecule has 0 saturated carbocycles. The van der Waals surface area contributed by atoms with Gasteiger partial charge >= 0.3 is 0 Å². The molecule has 27 heavy (non-hydrogen) atoms. The van der Waals surface area contributed by atoms with E-state index in [9.17, 15) is 5.11 Å². The van der Waals surface area contributed by atoms with Gasteiger partial charge < -0.3 is 9.63 Å². The SMILES string of the molecule is CC(C)(C)c1cc(-c2ccccc2)c(O)c(-c2noc(-c3cccs3)n2)c1. The van der Waals surface area contributed by atoms with Gasteiger partial charge in [-0.05, 0) is 40.1 Å². The summed E-state index contributed by atoms with van der Waals surface area (Å²) < 4.78 is 5.43. The molecule has 0 fully saturated rings. The van der Waals surface area contributed by atoms with Crippen molar-refractivity contribution in [1.82, 2.24) is 10.1 Å². The van der Waals surface area contributed by atoms with Crippen LogP contribution in [-0.4, -0.2) is 15.2 Å². The first-order chi connectivity index (χ1) is 12.9. The molecule has 0 amide bonds. The predicted octanol–water partition coefficient (Wildman–Crippen LogP) is 6.14. The van der Waals surface area contributed by atoms with Crippen LogP contribution in [-0.2, 0) is 5.41 Å². The number of hydrogen-bond donors (Lipinski definition) is 1. The Morgan fingerprint density at radius 3 is 2.37 bits per heavy atom. The Morgan fingerprint density at radius 1 is 0.963 bits per heavy atom. The fourth-order valence-corrected chi connectivity index (χ4v) is 3.55. The molecule has 0 aliphatic rings. The van der Waals surface area contributed by atoms with E-state index in [1.165, 1.54) is 11.3 Å². The van der Waals surface area contributed by atoms with Crippen LogP contribution in [0.1, 0.15) is 26.3 Å². The van der Waals surface area contributed by atoms with Gasteiger partial charge in [0.1, 0.15) is 5.75 Å². The van der Waals surface area contributed by atoms with E-state index >= 15 is 0 Å². The first-order valence-electron chi connectivity index (χ1n) is 8.74. The van der Waals surface area contributed by atoms with Gasteiger partial charge in [0, 0.05) is 5.56 Å². The first-order valence-corrected chi connectivity index (χ1v) is 9.62. The molecule has 0 saturated heterocycles. The van der Waals surface area contributed by atoms with Gasteiger partial charge in [0.05, 0.1) is 10.4 Å². The Morgan fingerprint density at radius 2 is 1.70 bits per heavy atom. The number of aromatic hydroxyl groups is 1. The normalized spacial score (nSPS) is 11.7. The Bertz CT molecular complexity index is 1060. The van der Waals surface area contributed by atoms with E-state index in [-0.39, 0.29) is 11.2 Å². The van der Waals surface area contributed by atoms with E-state index in [0.29, 0.717) is 17.3 Å². The largest absolute Gasteiger partial charge is 0.507 e. The summed E-state index contributed by atoms with van der Waals surface area (Å²) in [6, 6.07) is 17.7.